The topological polar surface area (TPSA) is 30.5 Å². The standard InChI is InChI=1S/C22H20Cl3NO2/c1-27-21-10-17(13-26-12-16-6-2-3-8-19(16)24)20(25)11-22(21)28-14-15-5-4-7-18(23)9-15/h2-11,26H,12-14H2,1H3. The van der Waals surface area contributed by atoms with E-state index in [1.54, 1.807) is 13.2 Å². The Morgan fingerprint density at radius 3 is 2.32 bits per heavy atom. The highest BCUT2D eigenvalue weighted by atomic mass is 35.5. The summed E-state index contributed by atoms with van der Waals surface area (Å²) in [6.45, 7) is 1.59. The molecule has 0 amide bonds. The third-order valence-electron chi connectivity index (χ3n) is 4.20. The van der Waals surface area contributed by atoms with Gasteiger partial charge in [-0.2, -0.15) is 0 Å². The molecule has 3 rings (SSSR count). The van der Waals surface area contributed by atoms with Crippen LogP contribution >= 0.6 is 34.8 Å². The molecule has 0 heterocycles. The maximum atomic E-state index is 6.46. The van der Waals surface area contributed by atoms with Gasteiger partial charge in [0.05, 0.1) is 7.11 Å². The van der Waals surface area contributed by atoms with Crippen molar-refractivity contribution in [2.45, 2.75) is 19.7 Å². The van der Waals surface area contributed by atoms with Gasteiger partial charge < -0.3 is 14.8 Å². The van der Waals surface area contributed by atoms with Crippen molar-refractivity contribution in [3.63, 3.8) is 0 Å². The van der Waals surface area contributed by atoms with Gasteiger partial charge in [-0.3, -0.25) is 0 Å². The largest absolute Gasteiger partial charge is 0.493 e. The van der Waals surface area contributed by atoms with Crippen LogP contribution in [0, 0.1) is 0 Å². The summed E-state index contributed by atoms with van der Waals surface area (Å²) in [6, 6.07) is 18.9. The molecular weight excluding hydrogens is 417 g/mol. The van der Waals surface area contributed by atoms with E-state index in [9.17, 15) is 0 Å². The number of ether oxygens (including phenoxy) is 2. The van der Waals surface area contributed by atoms with Gasteiger partial charge in [0.2, 0.25) is 0 Å². The minimum atomic E-state index is 0.372. The van der Waals surface area contributed by atoms with E-state index in [-0.39, 0.29) is 0 Å². The SMILES string of the molecule is COc1cc(CNCc2ccccc2Cl)c(Cl)cc1OCc1cccc(Cl)c1. The van der Waals surface area contributed by atoms with Gasteiger partial charge in [-0.15, -0.1) is 0 Å². The molecule has 3 aromatic carbocycles. The van der Waals surface area contributed by atoms with E-state index in [0.717, 1.165) is 21.7 Å². The van der Waals surface area contributed by atoms with Crippen LogP contribution in [0.5, 0.6) is 11.5 Å². The molecular formula is C22H20Cl3NO2. The molecule has 0 saturated heterocycles. The van der Waals surface area contributed by atoms with Gasteiger partial charge in [0.25, 0.3) is 0 Å². The van der Waals surface area contributed by atoms with E-state index in [1.807, 2.05) is 54.6 Å². The average Bonchev–Trinajstić information content (AvgIpc) is 2.69. The molecule has 0 aliphatic carbocycles. The second-order valence-electron chi connectivity index (χ2n) is 6.21. The summed E-state index contributed by atoms with van der Waals surface area (Å²) in [5, 5.41) is 5.37. The van der Waals surface area contributed by atoms with Crippen molar-refractivity contribution in [2.24, 2.45) is 0 Å². The Labute approximate surface area is 180 Å². The quantitative estimate of drug-likeness (QED) is 0.436. The lowest BCUT2D eigenvalue weighted by Crippen LogP contribution is -2.13. The van der Waals surface area contributed by atoms with Crippen molar-refractivity contribution in [1.29, 1.82) is 0 Å². The van der Waals surface area contributed by atoms with Crippen molar-refractivity contribution < 1.29 is 9.47 Å². The van der Waals surface area contributed by atoms with Gasteiger partial charge in [0, 0.05) is 34.2 Å². The molecule has 1 N–H and O–H groups in total. The van der Waals surface area contributed by atoms with Crippen LogP contribution in [0.4, 0.5) is 0 Å². The van der Waals surface area contributed by atoms with Gasteiger partial charge in [-0.25, -0.2) is 0 Å². The number of hydrogen-bond donors (Lipinski definition) is 1. The number of nitrogens with one attached hydrogen (secondary N) is 1. The smallest absolute Gasteiger partial charge is 0.163 e. The highest BCUT2D eigenvalue weighted by Crippen LogP contribution is 2.34. The van der Waals surface area contributed by atoms with Crippen LogP contribution in [-0.2, 0) is 19.7 Å². The van der Waals surface area contributed by atoms with E-state index < -0.39 is 0 Å². The molecule has 146 valence electrons. The molecule has 0 saturated carbocycles. The van der Waals surface area contributed by atoms with Gasteiger partial charge in [-0.1, -0.05) is 65.1 Å². The van der Waals surface area contributed by atoms with Gasteiger partial charge in [-0.05, 0) is 41.0 Å². The number of halogens is 3. The van der Waals surface area contributed by atoms with Gasteiger partial charge in [0.1, 0.15) is 6.61 Å². The Hall–Kier alpha value is -1.91. The molecule has 3 aromatic rings. The van der Waals surface area contributed by atoms with E-state index in [1.165, 1.54) is 0 Å². The van der Waals surface area contributed by atoms with Gasteiger partial charge >= 0.3 is 0 Å². The summed E-state index contributed by atoms with van der Waals surface area (Å²) >= 11 is 18.7. The van der Waals surface area contributed by atoms with Crippen LogP contribution in [0.3, 0.4) is 0 Å². The summed E-state index contributed by atoms with van der Waals surface area (Å²) in [7, 11) is 1.61. The van der Waals surface area contributed by atoms with Crippen LogP contribution < -0.4 is 14.8 Å². The molecule has 0 atom stereocenters. The predicted octanol–water partition coefficient (Wildman–Crippen LogP) is 6.52. The van der Waals surface area contributed by atoms with E-state index in [2.05, 4.69) is 5.32 Å². The second-order valence-corrected chi connectivity index (χ2v) is 7.46. The molecule has 0 fully saturated rings. The Morgan fingerprint density at radius 2 is 1.57 bits per heavy atom. The number of rotatable bonds is 8. The maximum Gasteiger partial charge on any atom is 0.163 e. The minimum absolute atomic E-state index is 0.372. The summed E-state index contributed by atoms with van der Waals surface area (Å²) in [5.41, 5.74) is 2.92. The first kappa shape index (κ1) is 20.8. The molecule has 0 aromatic heterocycles. The van der Waals surface area contributed by atoms with Crippen LogP contribution in [-0.4, -0.2) is 7.11 Å². The number of hydrogen-bond acceptors (Lipinski definition) is 3. The lowest BCUT2D eigenvalue weighted by Gasteiger charge is -2.15. The minimum Gasteiger partial charge on any atom is -0.493 e. The summed E-state index contributed by atoms with van der Waals surface area (Å²) in [5.74, 6) is 1.21. The first-order valence-corrected chi connectivity index (χ1v) is 9.88. The summed E-state index contributed by atoms with van der Waals surface area (Å²) in [4.78, 5) is 0. The Bertz CT molecular complexity index is 947. The fraction of sp³-hybridized carbons (Fsp3) is 0.182. The monoisotopic (exact) mass is 435 g/mol. The van der Waals surface area contributed by atoms with Crippen molar-refractivity contribution in [3.8, 4) is 11.5 Å². The highest BCUT2D eigenvalue weighted by molar-refractivity contribution is 6.32. The lowest BCUT2D eigenvalue weighted by atomic mass is 10.1. The molecule has 6 heteroatoms. The molecule has 3 nitrogen and oxygen atoms in total. The molecule has 0 aliphatic heterocycles. The van der Waals surface area contributed by atoms with Gasteiger partial charge in [0.15, 0.2) is 11.5 Å². The summed E-state index contributed by atoms with van der Waals surface area (Å²) < 4.78 is 11.4. The highest BCUT2D eigenvalue weighted by Gasteiger charge is 2.11. The normalized spacial score (nSPS) is 10.7. The zero-order valence-electron chi connectivity index (χ0n) is 15.3. The Kier molecular flexibility index (Phi) is 7.46. The number of benzene rings is 3. The van der Waals surface area contributed by atoms with Crippen LogP contribution in [0.1, 0.15) is 16.7 Å². The molecule has 0 spiro atoms. The number of methoxy groups -OCH3 is 1. The third-order valence-corrected chi connectivity index (χ3v) is 5.16. The van der Waals surface area contributed by atoms with Crippen LogP contribution in [0.25, 0.3) is 0 Å². The molecule has 0 radical (unpaired) electrons. The van der Waals surface area contributed by atoms with E-state index in [0.29, 0.717) is 41.2 Å². The Balaban J connectivity index is 1.66. The molecule has 0 aliphatic rings. The predicted molar refractivity (Wildman–Crippen MR) is 116 cm³/mol. The molecule has 0 bridgehead atoms. The van der Waals surface area contributed by atoms with Crippen molar-refractivity contribution in [1.82, 2.24) is 5.32 Å². The lowest BCUT2D eigenvalue weighted by molar-refractivity contribution is 0.284. The van der Waals surface area contributed by atoms with Crippen LogP contribution in [0.15, 0.2) is 60.7 Å². The summed E-state index contributed by atoms with van der Waals surface area (Å²) in [6.07, 6.45) is 0. The van der Waals surface area contributed by atoms with Crippen LogP contribution in [0.2, 0.25) is 15.1 Å². The first-order valence-electron chi connectivity index (χ1n) is 8.74. The molecule has 0 unspecified atom stereocenters. The first-order chi connectivity index (χ1) is 13.6. The fourth-order valence-electron chi connectivity index (χ4n) is 2.75. The van der Waals surface area contributed by atoms with E-state index in [4.69, 9.17) is 44.3 Å². The third kappa shape index (κ3) is 5.55. The zero-order valence-corrected chi connectivity index (χ0v) is 17.6. The zero-order chi connectivity index (χ0) is 19.9. The maximum absolute atomic E-state index is 6.46. The average molecular weight is 437 g/mol. The Morgan fingerprint density at radius 1 is 0.786 bits per heavy atom. The van der Waals surface area contributed by atoms with Crippen molar-refractivity contribution >= 4 is 34.8 Å². The van der Waals surface area contributed by atoms with Crippen molar-refractivity contribution in [3.05, 3.63) is 92.4 Å². The van der Waals surface area contributed by atoms with Crippen molar-refractivity contribution in [2.75, 3.05) is 7.11 Å². The molecule has 28 heavy (non-hydrogen) atoms. The second kappa shape index (κ2) is 10.0. The fourth-order valence-corrected chi connectivity index (χ4v) is 3.38. The van der Waals surface area contributed by atoms with E-state index >= 15 is 0 Å².